The summed E-state index contributed by atoms with van der Waals surface area (Å²) in [6.45, 7) is 0.0421. The molecule has 0 heterocycles. The first kappa shape index (κ1) is 18.4. The van der Waals surface area contributed by atoms with Gasteiger partial charge in [-0.3, -0.25) is 4.79 Å². The lowest BCUT2D eigenvalue weighted by Gasteiger charge is -2.14. The SMILES string of the molecule is O=C(NCCNC(=O)C(O)C(O)C(=O)O)OCc1ccccc1. The number of hydrogen-bond donors (Lipinski definition) is 5. The van der Waals surface area contributed by atoms with E-state index < -0.39 is 30.2 Å². The molecular formula is C14H18N2O7. The van der Waals surface area contributed by atoms with Crippen molar-refractivity contribution in [2.24, 2.45) is 0 Å². The van der Waals surface area contributed by atoms with Gasteiger partial charge in [-0.1, -0.05) is 30.3 Å². The fourth-order valence-corrected chi connectivity index (χ4v) is 1.51. The van der Waals surface area contributed by atoms with Crippen molar-refractivity contribution in [2.75, 3.05) is 13.1 Å². The molecule has 0 bridgehead atoms. The van der Waals surface area contributed by atoms with Crippen molar-refractivity contribution in [1.82, 2.24) is 10.6 Å². The molecule has 0 saturated carbocycles. The number of aliphatic hydroxyl groups excluding tert-OH is 2. The molecule has 0 aliphatic carbocycles. The van der Waals surface area contributed by atoms with E-state index in [1.807, 2.05) is 18.2 Å². The van der Waals surface area contributed by atoms with Crippen LogP contribution < -0.4 is 10.6 Å². The number of ether oxygens (including phenoxy) is 1. The normalized spacial score (nSPS) is 12.8. The van der Waals surface area contributed by atoms with Gasteiger partial charge in [-0.05, 0) is 5.56 Å². The minimum atomic E-state index is -2.21. The van der Waals surface area contributed by atoms with Gasteiger partial charge in [-0.15, -0.1) is 0 Å². The van der Waals surface area contributed by atoms with Gasteiger partial charge >= 0.3 is 12.1 Å². The van der Waals surface area contributed by atoms with Gasteiger partial charge in [-0.2, -0.15) is 0 Å². The number of rotatable bonds is 8. The second-order valence-corrected chi connectivity index (χ2v) is 4.51. The highest BCUT2D eigenvalue weighted by molar-refractivity contribution is 5.87. The van der Waals surface area contributed by atoms with E-state index in [4.69, 9.17) is 14.9 Å². The van der Waals surface area contributed by atoms with Crippen LogP contribution in [0.1, 0.15) is 5.56 Å². The van der Waals surface area contributed by atoms with Gasteiger partial charge in [0.25, 0.3) is 5.91 Å². The predicted molar refractivity (Wildman–Crippen MR) is 77.3 cm³/mol. The first-order valence-corrected chi connectivity index (χ1v) is 6.73. The Labute approximate surface area is 131 Å². The quantitative estimate of drug-likeness (QED) is 0.379. The van der Waals surface area contributed by atoms with Crippen LogP contribution in [0.15, 0.2) is 30.3 Å². The standard InChI is InChI=1S/C14H18N2O7/c17-10(11(18)13(20)21)12(19)15-6-7-16-14(22)23-8-9-4-2-1-3-5-9/h1-5,10-11,17-18H,6-8H2,(H,15,19)(H,16,22)(H,20,21). The minimum absolute atomic E-state index is 0.00918. The van der Waals surface area contributed by atoms with E-state index in [1.165, 1.54) is 0 Å². The Morgan fingerprint density at radius 1 is 1.00 bits per heavy atom. The van der Waals surface area contributed by atoms with Crippen LogP contribution >= 0.6 is 0 Å². The van der Waals surface area contributed by atoms with Crippen LogP contribution in [-0.4, -0.2) is 58.6 Å². The summed E-state index contributed by atoms with van der Waals surface area (Å²) in [5.41, 5.74) is 0.821. The predicted octanol–water partition coefficient (Wildman–Crippen LogP) is -1.16. The fourth-order valence-electron chi connectivity index (χ4n) is 1.51. The second kappa shape index (κ2) is 9.38. The molecule has 0 aliphatic rings. The molecule has 23 heavy (non-hydrogen) atoms. The van der Waals surface area contributed by atoms with Gasteiger partial charge in [0.2, 0.25) is 0 Å². The van der Waals surface area contributed by atoms with Gasteiger partial charge in [0.1, 0.15) is 6.61 Å². The molecule has 9 nitrogen and oxygen atoms in total. The summed E-state index contributed by atoms with van der Waals surface area (Å²) in [5.74, 6) is -2.77. The van der Waals surface area contributed by atoms with Crippen LogP contribution in [0.3, 0.4) is 0 Å². The van der Waals surface area contributed by atoms with E-state index >= 15 is 0 Å². The van der Waals surface area contributed by atoms with E-state index in [2.05, 4.69) is 10.6 Å². The Morgan fingerprint density at radius 2 is 1.61 bits per heavy atom. The summed E-state index contributed by atoms with van der Waals surface area (Å²) in [6.07, 6.45) is -4.98. The molecule has 0 fully saturated rings. The number of nitrogens with one attached hydrogen (secondary N) is 2. The number of aliphatic carboxylic acids is 1. The molecule has 0 radical (unpaired) electrons. The number of carboxylic acid groups (broad SMARTS) is 1. The number of carboxylic acids is 1. The average molecular weight is 326 g/mol. The minimum Gasteiger partial charge on any atom is -0.479 e. The highest BCUT2D eigenvalue weighted by Crippen LogP contribution is 2.00. The van der Waals surface area contributed by atoms with Crippen LogP contribution in [0.2, 0.25) is 0 Å². The monoisotopic (exact) mass is 326 g/mol. The summed E-state index contributed by atoms with van der Waals surface area (Å²) in [7, 11) is 0. The van der Waals surface area contributed by atoms with E-state index in [9.17, 15) is 19.5 Å². The maximum absolute atomic E-state index is 11.4. The van der Waals surface area contributed by atoms with E-state index in [0.29, 0.717) is 0 Å². The summed E-state index contributed by atoms with van der Waals surface area (Å²) >= 11 is 0. The third-order valence-corrected chi connectivity index (χ3v) is 2.73. The molecule has 5 N–H and O–H groups in total. The van der Waals surface area contributed by atoms with Gasteiger partial charge in [0, 0.05) is 13.1 Å². The lowest BCUT2D eigenvalue weighted by molar-refractivity contribution is -0.158. The van der Waals surface area contributed by atoms with Crippen molar-refractivity contribution in [3.8, 4) is 0 Å². The molecule has 0 saturated heterocycles. The molecule has 1 rings (SSSR count). The molecule has 0 spiro atoms. The lowest BCUT2D eigenvalue weighted by atomic mass is 10.2. The van der Waals surface area contributed by atoms with Crippen molar-refractivity contribution < 1.29 is 34.4 Å². The van der Waals surface area contributed by atoms with Crippen molar-refractivity contribution in [3.63, 3.8) is 0 Å². The third kappa shape index (κ3) is 6.76. The van der Waals surface area contributed by atoms with Gasteiger partial charge in [-0.25, -0.2) is 9.59 Å². The molecule has 1 aromatic carbocycles. The molecular weight excluding hydrogens is 308 g/mol. The Bertz CT molecular complexity index is 535. The number of benzene rings is 1. The lowest BCUT2D eigenvalue weighted by Crippen LogP contribution is -2.47. The Hall–Kier alpha value is -2.65. The topological polar surface area (TPSA) is 145 Å². The van der Waals surface area contributed by atoms with Crippen molar-refractivity contribution >= 4 is 18.0 Å². The largest absolute Gasteiger partial charge is 0.479 e. The van der Waals surface area contributed by atoms with Crippen molar-refractivity contribution in [1.29, 1.82) is 0 Å². The van der Waals surface area contributed by atoms with Crippen LogP contribution in [0.4, 0.5) is 4.79 Å². The van der Waals surface area contributed by atoms with E-state index in [-0.39, 0.29) is 19.7 Å². The zero-order valence-corrected chi connectivity index (χ0v) is 12.1. The van der Waals surface area contributed by atoms with Gasteiger partial charge < -0.3 is 30.7 Å². The zero-order valence-electron chi connectivity index (χ0n) is 12.1. The average Bonchev–Trinajstić information content (AvgIpc) is 2.56. The van der Waals surface area contributed by atoms with E-state index in [0.717, 1.165) is 5.56 Å². The molecule has 126 valence electrons. The molecule has 2 atom stereocenters. The summed E-state index contributed by atoms with van der Waals surface area (Å²) < 4.78 is 4.92. The summed E-state index contributed by atoms with van der Waals surface area (Å²) in [4.78, 5) is 33.1. The smallest absolute Gasteiger partial charge is 0.407 e. The molecule has 1 aromatic rings. The summed E-state index contributed by atoms with van der Waals surface area (Å²) in [5, 5.41) is 31.2. The first-order chi connectivity index (χ1) is 10.9. The molecule has 9 heteroatoms. The maximum Gasteiger partial charge on any atom is 0.407 e. The van der Waals surface area contributed by atoms with Crippen LogP contribution in [0, 0.1) is 0 Å². The number of amides is 2. The zero-order chi connectivity index (χ0) is 17.2. The Morgan fingerprint density at radius 3 is 2.22 bits per heavy atom. The maximum atomic E-state index is 11.4. The summed E-state index contributed by atoms with van der Waals surface area (Å²) in [6, 6.07) is 9.04. The van der Waals surface area contributed by atoms with Crippen molar-refractivity contribution in [3.05, 3.63) is 35.9 Å². The van der Waals surface area contributed by atoms with Gasteiger partial charge in [0.15, 0.2) is 12.2 Å². The molecule has 0 aromatic heterocycles. The molecule has 0 aliphatic heterocycles. The Kier molecular flexibility index (Phi) is 7.51. The number of aliphatic hydroxyl groups is 2. The Balaban J connectivity index is 2.17. The number of carbonyl (C=O) groups excluding carboxylic acids is 2. The van der Waals surface area contributed by atoms with Gasteiger partial charge in [0.05, 0.1) is 0 Å². The van der Waals surface area contributed by atoms with Crippen LogP contribution in [-0.2, 0) is 20.9 Å². The first-order valence-electron chi connectivity index (χ1n) is 6.73. The molecule has 2 unspecified atom stereocenters. The highest BCUT2D eigenvalue weighted by atomic mass is 16.5. The van der Waals surface area contributed by atoms with Crippen LogP contribution in [0.5, 0.6) is 0 Å². The second-order valence-electron chi connectivity index (χ2n) is 4.51. The number of hydrogen-bond acceptors (Lipinski definition) is 6. The number of carbonyl (C=O) groups is 3. The highest BCUT2D eigenvalue weighted by Gasteiger charge is 2.29. The fraction of sp³-hybridized carbons (Fsp3) is 0.357. The third-order valence-electron chi connectivity index (χ3n) is 2.73. The number of alkyl carbamates (subject to hydrolysis) is 1. The van der Waals surface area contributed by atoms with Crippen molar-refractivity contribution in [2.45, 2.75) is 18.8 Å². The van der Waals surface area contributed by atoms with Crippen LogP contribution in [0.25, 0.3) is 0 Å². The molecule has 2 amide bonds. The van der Waals surface area contributed by atoms with E-state index in [1.54, 1.807) is 12.1 Å².